The molecule has 1 atom stereocenters. The number of imidazole rings is 1. The smallest absolute Gasteiger partial charge is 0.339 e. The highest BCUT2D eigenvalue weighted by Crippen LogP contribution is 2.20. The van der Waals surface area contributed by atoms with Gasteiger partial charge in [0.05, 0.1) is 37.2 Å². The molecule has 0 amide bonds. The van der Waals surface area contributed by atoms with E-state index in [0.717, 1.165) is 11.0 Å². The van der Waals surface area contributed by atoms with Crippen LogP contribution in [0, 0.1) is 11.3 Å². The molecular formula is C14H15N3O3. The number of aliphatic hydroxyl groups is 1. The Kier molecular flexibility index (Phi) is 3.72. The molecule has 20 heavy (non-hydrogen) atoms. The van der Waals surface area contributed by atoms with Crippen LogP contribution in [-0.2, 0) is 22.5 Å². The zero-order valence-electron chi connectivity index (χ0n) is 11.3. The van der Waals surface area contributed by atoms with Crippen LogP contribution in [0.3, 0.4) is 0 Å². The van der Waals surface area contributed by atoms with Crippen molar-refractivity contribution in [2.45, 2.75) is 25.5 Å². The first kappa shape index (κ1) is 14.0. The van der Waals surface area contributed by atoms with Crippen molar-refractivity contribution in [1.29, 1.82) is 5.26 Å². The number of carbonyl (C=O) groups is 1. The van der Waals surface area contributed by atoms with E-state index in [9.17, 15) is 9.90 Å². The van der Waals surface area contributed by atoms with Crippen molar-refractivity contribution in [3.8, 4) is 6.07 Å². The largest absolute Gasteiger partial charge is 0.467 e. The summed E-state index contributed by atoms with van der Waals surface area (Å²) in [5.74, 6) is -0.212. The first-order chi connectivity index (χ1) is 9.49. The number of benzene rings is 1. The average molecular weight is 273 g/mol. The highest BCUT2D eigenvalue weighted by Gasteiger charge is 2.33. The minimum absolute atomic E-state index is 0.0167. The van der Waals surface area contributed by atoms with Gasteiger partial charge >= 0.3 is 5.97 Å². The van der Waals surface area contributed by atoms with Crippen LogP contribution in [0.2, 0.25) is 0 Å². The lowest BCUT2D eigenvalue weighted by atomic mass is 10.1. The molecule has 0 aliphatic heterocycles. The highest BCUT2D eigenvalue weighted by atomic mass is 16.5. The Bertz CT molecular complexity index is 683. The number of rotatable bonds is 4. The van der Waals surface area contributed by atoms with E-state index >= 15 is 0 Å². The molecule has 0 saturated carbocycles. The molecule has 2 aromatic rings. The molecule has 0 spiro atoms. The van der Waals surface area contributed by atoms with E-state index in [1.807, 2.05) is 30.3 Å². The number of hydrogen-bond acceptors (Lipinski definition) is 5. The number of nitriles is 1. The second-order valence-corrected chi connectivity index (χ2v) is 4.70. The SMILES string of the molecule is COC(=O)C(C)(O)Cn1c(CC#N)nc2ccccc21. The molecule has 0 aliphatic carbocycles. The minimum atomic E-state index is -1.68. The topological polar surface area (TPSA) is 88.1 Å². The van der Waals surface area contributed by atoms with Gasteiger partial charge in [0.2, 0.25) is 0 Å². The Balaban J connectivity index is 2.49. The summed E-state index contributed by atoms with van der Waals surface area (Å²) in [5.41, 5.74) is -0.192. The third-order valence-corrected chi connectivity index (χ3v) is 3.06. The highest BCUT2D eigenvalue weighted by molar-refractivity contribution is 5.80. The molecule has 0 fully saturated rings. The van der Waals surface area contributed by atoms with Crippen molar-refractivity contribution >= 4 is 17.0 Å². The quantitative estimate of drug-likeness (QED) is 0.840. The van der Waals surface area contributed by atoms with Crippen LogP contribution in [0.5, 0.6) is 0 Å². The maximum atomic E-state index is 11.6. The van der Waals surface area contributed by atoms with Crippen molar-refractivity contribution in [3.63, 3.8) is 0 Å². The number of aromatic nitrogens is 2. The number of para-hydroxylation sites is 2. The van der Waals surface area contributed by atoms with E-state index < -0.39 is 11.6 Å². The number of esters is 1. The molecule has 1 unspecified atom stereocenters. The third kappa shape index (κ3) is 2.49. The molecular weight excluding hydrogens is 258 g/mol. The van der Waals surface area contributed by atoms with Crippen LogP contribution in [0.25, 0.3) is 11.0 Å². The molecule has 6 heteroatoms. The van der Waals surface area contributed by atoms with Crippen LogP contribution in [0.4, 0.5) is 0 Å². The van der Waals surface area contributed by atoms with Gasteiger partial charge in [0, 0.05) is 0 Å². The second-order valence-electron chi connectivity index (χ2n) is 4.70. The van der Waals surface area contributed by atoms with E-state index in [1.165, 1.54) is 14.0 Å². The van der Waals surface area contributed by atoms with Crippen molar-refractivity contribution in [3.05, 3.63) is 30.1 Å². The molecule has 1 aromatic heterocycles. The number of ether oxygens (including phenoxy) is 1. The van der Waals surface area contributed by atoms with Gasteiger partial charge in [-0.05, 0) is 19.1 Å². The molecule has 2 rings (SSSR count). The zero-order chi connectivity index (χ0) is 14.8. The van der Waals surface area contributed by atoms with Crippen molar-refractivity contribution in [2.75, 3.05) is 7.11 Å². The first-order valence-electron chi connectivity index (χ1n) is 6.11. The summed E-state index contributed by atoms with van der Waals surface area (Å²) in [6.45, 7) is 1.36. The van der Waals surface area contributed by atoms with Gasteiger partial charge in [0.15, 0.2) is 5.60 Å². The Hall–Kier alpha value is -2.39. The van der Waals surface area contributed by atoms with Crippen LogP contribution in [0.15, 0.2) is 24.3 Å². The number of fused-ring (bicyclic) bond motifs is 1. The molecule has 104 valence electrons. The predicted molar refractivity (Wildman–Crippen MR) is 71.7 cm³/mol. The molecule has 1 N–H and O–H groups in total. The summed E-state index contributed by atoms with van der Waals surface area (Å²) in [4.78, 5) is 15.9. The Morgan fingerprint density at radius 1 is 1.55 bits per heavy atom. The van der Waals surface area contributed by atoms with Gasteiger partial charge in [0.25, 0.3) is 0 Å². The zero-order valence-corrected chi connectivity index (χ0v) is 11.3. The van der Waals surface area contributed by atoms with Gasteiger partial charge in [0.1, 0.15) is 5.82 Å². The summed E-state index contributed by atoms with van der Waals surface area (Å²) in [6, 6.07) is 9.36. The lowest BCUT2D eigenvalue weighted by Gasteiger charge is -2.22. The maximum Gasteiger partial charge on any atom is 0.339 e. The van der Waals surface area contributed by atoms with E-state index in [-0.39, 0.29) is 13.0 Å². The van der Waals surface area contributed by atoms with E-state index in [4.69, 9.17) is 5.26 Å². The van der Waals surface area contributed by atoms with Crippen molar-refractivity contribution in [2.24, 2.45) is 0 Å². The molecule has 1 heterocycles. The fourth-order valence-corrected chi connectivity index (χ4v) is 2.10. The van der Waals surface area contributed by atoms with Gasteiger partial charge in [-0.3, -0.25) is 0 Å². The predicted octanol–water partition coefficient (Wildman–Crippen LogP) is 1.03. The van der Waals surface area contributed by atoms with E-state index in [2.05, 4.69) is 9.72 Å². The Morgan fingerprint density at radius 2 is 2.25 bits per heavy atom. The van der Waals surface area contributed by atoms with Crippen molar-refractivity contribution in [1.82, 2.24) is 9.55 Å². The van der Waals surface area contributed by atoms with Gasteiger partial charge in [-0.15, -0.1) is 0 Å². The minimum Gasteiger partial charge on any atom is -0.467 e. The molecule has 6 nitrogen and oxygen atoms in total. The van der Waals surface area contributed by atoms with Crippen LogP contribution in [0.1, 0.15) is 12.7 Å². The van der Waals surface area contributed by atoms with Crippen LogP contribution in [-0.4, -0.2) is 33.3 Å². The number of carbonyl (C=O) groups excluding carboxylic acids is 1. The van der Waals surface area contributed by atoms with Crippen LogP contribution < -0.4 is 0 Å². The maximum absolute atomic E-state index is 11.6. The summed E-state index contributed by atoms with van der Waals surface area (Å²) >= 11 is 0. The van der Waals surface area contributed by atoms with Gasteiger partial charge in [-0.25, -0.2) is 9.78 Å². The van der Waals surface area contributed by atoms with Gasteiger partial charge < -0.3 is 14.4 Å². The lowest BCUT2D eigenvalue weighted by Crippen LogP contribution is -2.40. The van der Waals surface area contributed by atoms with Crippen LogP contribution >= 0.6 is 0 Å². The normalized spacial score (nSPS) is 13.7. The summed E-state index contributed by atoms with van der Waals surface area (Å²) in [5, 5.41) is 19.1. The van der Waals surface area contributed by atoms with Crippen molar-refractivity contribution < 1.29 is 14.6 Å². The number of nitrogens with zero attached hydrogens (tertiary/aromatic N) is 3. The average Bonchev–Trinajstić information content (AvgIpc) is 2.76. The van der Waals surface area contributed by atoms with E-state index in [0.29, 0.717) is 5.82 Å². The molecule has 0 aliphatic rings. The standard InChI is InChI=1S/C14H15N3O3/c1-14(19,13(18)20-2)9-17-11-6-4-3-5-10(11)16-12(17)7-8-15/h3-6,19H,7,9H2,1-2H3. The summed E-state index contributed by atoms with van der Waals surface area (Å²) in [7, 11) is 1.22. The molecule has 0 saturated heterocycles. The first-order valence-corrected chi connectivity index (χ1v) is 6.11. The summed E-state index contributed by atoms with van der Waals surface area (Å²) in [6.07, 6.45) is 0.103. The fraction of sp³-hybridized carbons (Fsp3) is 0.357. The molecule has 0 bridgehead atoms. The lowest BCUT2D eigenvalue weighted by molar-refractivity contribution is -0.161. The van der Waals surface area contributed by atoms with Gasteiger partial charge in [-0.2, -0.15) is 5.26 Å². The monoisotopic (exact) mass is 273 g/mol. The fourth-order valence-electron chi connectivity index (χ4n) is 2.10. The molecule has 1 aromatic carbocycles. The third-order valence-electron chi connectivity index (χ3n) is 3.06. The Labute approximate surface area is 116 Å². The number of methoxy groups -OCH3 is 1. The number of hydrogen-bond donors (Lipinski definition) is 1. The van der Waals surface area contributed by atoms with Gasteiger partial charge in [-0.1, -0.05) is 12.1 Å². The van der Waals surface area contributed by atoms with E-state index in [1.54, 1.807) is 4.57 Å². The Morgan fingerprint density at radius 3 is 2.90 bits per heavy atom. The summed E-state index contributed by atoms with van der Waals surface area (Å²) < 4.78 is 6.26. The molecule has 0 radical (unpaired) electrons. The second kappa shape index (κ2) is 5.31.